The van der Waals surface area contributed by atoms with Crippen LogP contribution in [0.3, 0.4) is 0 Å². The standard InChI is InChI=1S/C16H14FNO4/c1-2-20-13-6-4-11(8-12(13)17)18-16(19)10-3-5-14-15(7-10)22-9-21-14/h3-8H,2,9H2,1H3,(H,18,19). The summed E-state index contributed by atoms with van der Waals surface area (Å²) in [6.45, 7) is 2.29. The minimum absolute atomic E-state index is 0.143. The molecule has 0 spiro atoms. The molecule has 0 bridgehead atoms. The van der Waals surface area contributed by atoms with E-state index in [0.717, 1.165) is 0 Å². The fourth-order valence-electron chi connectivity index (χ4n) is 2.09. The molecule has 3 rings (SSSR count). The van der Waals surface area contributed by atoms with Crippen LogP contribution in [-0.2, 0) is 0 Å². The van der Waals surface area contributed by atoms with E-state index in [0.29, 0.717) is 29.4 Å². The average molecular weight is 303 g/mol. The number of hydrogen-bond donors (Lipinski definition) is 1. The highest BCUT2D eigenvalue weighted by atomic mass is 19.1. The number of carbonyl (C=O) groups is 1. The highest BCUT2D eigenvalue weighted by Crippen LogP contribution is 2.32. The van der Waals surface area contributed by atoms with Crippen LogP contribution in [0.2, 0.25) is 0 Å². The van der Waals surface area contributed by atoms with Crippen molar-refractivity contribution in [3.63, 3.8) is 0 Å². The second-order valence-corrected chi connectivity index (χ2v) is 4.60. The summed E-state index contributed by atoms with van der Waals surface area (Å²) >= 11 is 0. The second-order valence-electron chi connectivity index (χ2n) is 4.60. The third kappa shape index (κ3) is 2.81. The van der Waals surface area contributed by atoms with Gasteiger partial charge in [-0.25, -0.2) is 4.39 Å². The van der Waals surface area contributed by atoms with Gasteiger partial charge in [-0.05, 0) is 37.3 Å². The monoisotopic (exact) mass is 303 g/mol. The molecule has 1 aliphatic rings. The molecular formula is C16H14FNO4. The number of ether oxygens (including phenoxy) is 3. The van der Waals surface area contributed by atoms with Gasteiger partial charge in [-0.2, -0.15) is 0 Å². The van der Waals surface area contributed by atoms with Gasteiger partial charge < -0.3 is 19.5 Å². The average Bonchev–Trinajstić information content (AvgIpc) is 2.97. The van der Waals surface area contributed by atoms with E-state index in [2.05, 4.69) is 5.32 Å². The molecular weight excluding hydrogens is 289 g/mol. The molecule has 6 heteroatoms. The van der Waals surface area contributed by atoms with Crippen LogP contribution in [0.4, 0.5) is 10.1 Å². The second kappa shape index (κ2) is 5.93. The van der Waals surface area contributed by atoms with Crippen molar-refractivity contribution < 1.29 is 23.4 Å². The molecule has 0 fully saturated rings. The number of halogens is 1. The van der Waals surface area contributed by atoms with Gasteiger partial charge in [0.25, 0.3) is 5.91 Å². The zero-order valence-electron chi connectivity index (χ0n) is 11.9. The van der Waals surface area contributed by atoms with E-state index in [1.807, 2.05) is 0 Å². The van der Waals surface area contributed by atoms with Crippen molar-refractivity contribution in [1.82, 2.24) is 0 Å². The SMILES string of the molecule is CCOc1ccc(NC(=O)c2ccc3c(c2)OCO3)cc1F. The number of benzene rings is 2. The smallest absolute Gasteiger partial charge is 0.255 e. The number of hydrogen-bond acceptors (Lipinski definition) is 4. The van der Waals surface area contributed by atoms with Gasteiger partial charge in [0.15, 0.2) is 23.1 Å². The number of amides is 1. The first-order valence-corrected chi connectivity index (χ1v) is 6.80. The Bertz CT molecular complexity index is 717. The van der Waals surface area contributed by atoms with Gasteiger partial charge in [0, 0.05) is 17.3 Å². The summed E-state index contributed by atoms with van der Waals surface area (Å²) in [4.78, 5) is 12.2. The molecule has 0 aliphatic carbocycles. The topological polar surface area (TPSA) is 56.8 Å². The lowest BCUT2D eigenvalue weighted by Gasteiger charge is -2.09. The molecule has 1 amide bonds. The van der Waals surface area contributed by atoms with Gasteiger partial charge in [-0.1, -0.05) is 0 Å². The molecule has 114 valence electrons. The summed E-state index contributed by atoms with van der Waals surface area (Å²) < 4.78 is 29.3. The van der Waals surface area contributed by atoms with E-state index in [1.165, 1.54) is 12.1 Å². The van der Waals surface area contributed by atoms with Crippen LogP contribution in [0, 0.1) is 5.82 Å². The molecule has 0 saturated carbocycles. The van der Waals surface area contributed by atoms with Gasteiger partial charge in [0.2, 0.25) is 6.79 Å². The van der Waals surface area contributed by atoms with Crippen LogP contribution in [0.15, 0.2) is 36.4 Å². The Hall–Kier alpha value is -2.76. The lowest BCUT2D eigenvalue weighted by atomic mass is 10.2. The van der Waals surface area contributed by atoms with E-state index >= 15 is 0 Å². The van der Waals surface area contributed by atoms with Crippen molar-refractivity contribution in [2.75, 3.05) is 18.7 Å². The molecule has 5 nitrogen and oxygen atoms in total. The van der Waals surface area contributed by atoms with Crippen molar-refractivity contribution in [2.24, 2.45) is 0 Å². The predicted octanol–water partition coefficient (Wildman–Crippen LogP) is 3.21. The summed E-state index contributed by atoms with van der Waals surface area (Å²) in [6.07, 6.45) is 0. The Kier molecular flexibility index (Phi) is 3.82. The summed E-state index contributed by atoms with van der Waals surface area (Å²) in [7, 11) is 0. The van der Waals surface area contributed by atoms with Crippen molar-refractivity contribution in [2.45, 2.75) is 6.92 Å². The van der Waals surface area contributed by atoms with E-state index in [4.69, 9.17) is 14.2 Å². The Balaban J connectivity index is 1.75. The summed E-state index contributed by atoms with van der Waals surface area (Å²) in [5.41, 5.74) is 0.752. The Morgan fingerprint density at radius 2 is 2.05 bits per heavy atom. The van der Waals surface area contributed by atoms with Crippen LogP contribution in [0.1, 0.15) is 17.3 Å². The number of anilines is 1. The van der Waals surface area contributed by atoms with E-state index in [1.54, 1.807) is 31.2 Å². The van der Waals surface area contributed by atoms with Crippen molar-refractivity contribution in [1.29, 1.82) is 0 Å². The first-order valence-electron chi connectivity index (χ1n) is 6.80. The fourth-order valence-corrected chi connectivity index (χ4v) is 2.09. The minimum Gasteiger partial charge on any atom is -0.491 e. The molecule has 2 aromatic rings. The van der Waals surface area contributed by atoms with Crippen molar-refractivity contribution >= 4 is 11.6 Å². The van der Waals surface area contributed by atoms with Gasteiger partial charge in [-0.15, -0.1) is 0 Å². The predicted molar refractivity (Wildman–Crippen MR) is 78.1 cm³/mol. The van der Waals surface area contributed by atoms with Crippen LogP contribution in [0.5, 0.6) is 17.2 Å². The summed E-state index contributed by atoms with van der Waals surface area (Å²) in [5.74, 6) is 0.393. The molecule has 2 aromatic carbocycles. The van der Waals surface area contributed by atoms with Gasteiger partial charge in [0.1, 0.15) is 0 Å². The zero-order valence-corrected chi connectivity index (χ0v) is 11.9. The van der Waals surface area contributed by atoms with Crippen LogP contribution < -0.4 is 19.5 Å². The molecule has 0 aromatic heterocycles. The molecule has 1 N–H and O–H groups in total. The molecule has 0 radical (unpaired) electrons. The summed E-state index contributed by atoms with van der Waals surface area (Å²) in [6, 6.07) is 9.15. The lowest BCUT2D eigenvalue weighted by Crippen LogP contribution is -2.12. The maximum Gasteiger partial charge on any atom is 0.255 e. The third-order valence-electron chi connectivity index (χ3n) is 3.12. The summed E-state index contributed by atoms with van der Waals surface area (Å²) in [5, 5.41) is 2.63. The molecule has 1 heterocycles. The van der Waals surface area contributed by atoms with Crippen molar-refractivity contribution in [3.8, 4) is 17.2 Å². The largest absolute Gasteiger partial charge is 0.491 e. The first-order chi connectivity index (χ1) is 10.7. The van der Waals surface area contributed by atoms with Gasteiger partial charge in [0.05, 0.1) is 6.61 Å². The zero-order chi connectivity index (χ0) is 15.5. The lowest BCUT2D eigenvalue weighted by molar-refractivity contribution is 0.102. The Morgan fingerprint density at radius 3 is 2.82 bits per heavy atom. The molecule has 1 aliphatic heterocycles. The van der Waals surface area contributed by atoms with Crippen LogP contribution >= 0.6 is 0 Å². The highest BCUT2D eigenvalue weighted by molar-refractivity contribution is 6.04. The van der Waals surface area contributed by atoms with Crippen LogP contribution in [-0.4, -0.2) is 19.3 Å². The number of nitrogens with one attached hydrogen (secondary N) is 1. The molecule has 0 atom stereocenters. The minimum atomic E-state index is -0.523. The molecule has 0 saturated heterocycles. The normalized spacial score (nSPS) is 12.1. The van der Waals surface area contributed by atoms with Gasteiger partial charge >= 0.3 is 0 Å². The van der Waals surface area contributed by atoms with E-state index < -0.39 is 5.82 Å². The first kappa shape index (κ1) is 14.2. The maximum atomic E-state index is 13.8. The molecule has 22 heavy (non-hydrogen) atoms. The molecule has 0 unspecified atom stereocenters. The third-order valence-corrected chi connectivity index (χ3v) is 3.12. The number of fused-ring (bicyclic) bond motifs is 1. The van der Waals surface area contributed by atoms with Gasteiger partial charge in [-0.3, -0.25) is 4.79 Å². The number of rotatable bonds is 4. The van der Waals surface area contributed by atoms with Crippen molar-refractivity contribution in [3.05, 3.63) is 47.8 Å². The fraction of sp³-hybridized carbons (Fsp3) is 0.188. The van der Waals surface area contributed by atoms with E-state index in [-0.39, 0.29) is 18.4 Å². The Labute approximate surface area is 126 Å². The highest BCUT2D eigenvalue weighted by Gasteiger charge is 2.16. The Morgan fingerprint density at radius 1 is 1.23 bits per heavy atom. The van der Waals surface area contributed by atoms with Crippen LogP contribution in [0.25, 0.3) is 0 Å². The quantitative estimate of drug-likeness (QED) is 0.942. The maximum absolute atomic E-state index is 13.8. The van der Waals surface area contributed by atoms with E-state index in [9.17, 15) is 9.18 Å². The number of carbonyl (C=O) groups excluding carboxylic acids is 1.